The lowest BCUT2D eigenvalue weighted by Gasteiger charge is -2.20. The van der Waals surface area contributed by atoms with Crippen molar-refractivity contribution >= 4 is 21.6 Å². The molecular weight excluding hydrogens is 343 g/mol. The Hall–Kier alpha value is -2.25. The van der Waals surface area contributed by atoms with Crippen molar-refractivity contribution in [2.75, 3.05) is 24.7 Å². The van der Waals surface area contributed by atoms with Gasteiger partial charge in [0.25, 0.3) is 0 Å². The van der Waals surface area contributed by atoms with Gasteiger partial charge in [0.15, 0.2) is 0 Å². The van der Waals surface area contributed by atoms with Crippen LogP contribution in [-0.4, -0.2) is 38.0 Å². The van der Waals surface area contributed by atoms with Crippen molar-refractivity contribution in [2.45, 2.75) is 12.8 Å². The molecule has 0 heterocycles. The maximum atomic E-state index is 13.7. The molecule has 2 aromatic rings. The zero-order valence-corrected chi connectivity index (χ0v) is 14.8. The summed E-state index contributed by atoms with van der Waals surface area (Å²) in [5.41, 5.74) is 1.11. The number of hydrogen-bond acceptors (Lipinski definition) is 3. The van der Waals surface area contributed by atoms with Crippen molar-refractivity contribution in [1.82, 2.24) is 4.31 Å². The number of anilines is 1. The Labute approximate surface area is 147 Å². The number of nitrogens with zero attached hydrogens (tertiary/aromatic N) is 1. The quantitative estimate of drug-likeness (QED) is 0.783. The summed E-state index contributed by atoms with van der Waals surface area (Å²) in [6.07, 6.45) is 1.36. The number of carbonyl (C=O) groups is 1. The number of amides is 1. The van der Waals surface area contributed by atoms with Gasteiger partial charge in [-0.05, 0) is 30.2 Å². The second kappa shape index (κ2) is 8.73. The second-order valence-electron chi connectivity index (χ2n) is 5.67. The largest absolute Gasteiger partial charge is 0.326 e. The van der Waals surface area contributed by atoms with Crippen LogP contribution >= 0.6 is 0 Å². The van der Waals surface area contributed by atoms with Gasteiger partial charge in [-0.3, -0.25) is 4.79 Å². The number of rotatable bonds is 8. The van der Waals surface area contributed by atoms with Gasteiger partial charge in [-0.25, -0.2) is 17.1 Å². The molecule has 0 unspecified atom stereocenters. The topological polar surface area (TPSA) is 66.5 Å². The van der Waals surface area contributed by atoms with E-state index in [1.807, 2.05) is 6.07 Å². The van der Waals surface area contributed by atoms with Crippen LogP contribution in [0, 0.1) is 5.82 Å². The predicted octanol–water partition coefficient (Wildman–Crippen LogP) is 2.66. The van der Waals surface area contributed by atoms with E-state index in [-0.39, 0.29) is 37.7 Å². The SMILES string of the molecule is CS(=O)(=O)N(CCC(=O)Nc1ccccc1)CCc1ccccc1F. The minimum absolute atomic E-state index is 0.0270. The third-order valence-electron chi connectivity index (χ3n) is 3.70. The summed E-state index contributed by atoms with van der Waals surface area (Å²) in [5, 5.41) is 2.71. The summed E-state index contributed by atoms with van der Waals surface area (Å²) >= 11 is 0. The average molecular weight is 364 g/mol. The normalized spacial score (nSPS) is 11.5. The molecule has 2 aromatic carbocycles. The fourth-order valence-electron chi connectivity index (χ4n) is 2.36. The molecule has 0 spiro atoms. The molecule has 0 aliphatic carbocycles. The van der Waals surface area contributed by atoms with Crippen LogP contribution in [0.1, 0.15) is 12.0 Å². The summed E-state index contributed by atoms with van der Waals surface area (Å²) in [7, 11) is -3.49. The van der Waals surface area contributed by atoms with Gasteiger partial charge in [-0.2, -0.15) is 0 Å². The van der Waals surface area contributed by atoms with E-state index in [2.05, 4.69) is 5.32 Å². The third-order valence-corrected chi connectivity index (χ3v) is 5.01. The van der Waals surface area contributed by atoms with Crippen LogP contribution in [0.3, 0.4) is 0 Å². The fourth-order valence-corrected chi connectivity index (χ4v) is 3.21. The number of hydrogen-bond donors (Lipinski definition) is 1. The molecule has 0 fully saturated rings. The molecule has 7 heteroatoms. The predicted molar refractivity (Wildman–Crippen MR) is 96.2 cm³/mol. The smallest absolute Gasteiger partial charge is 0.225 e. The number of para-hydroxylation sites is 1. The van der Waals surface area contributed by atoms with Crippen LogP contribution in [0.4, 0.5) is 10.1 Å². The molecule has 0 saturated heterocycles. The summed E-state index contributed by atoms with van der Waals surface area (Å²) in [6, 6.07) is 15.2. The summed E-state index contributed by atoms with van der Waals surface area (Å²) in [4.78, 5) is 12.0. The number of sulfonamides is 1. The monoisotopic (exact) mass is 364 g/mol. The van der Waals surface area contributed by atoms with Gasteiger partial charge in [-0.1, -0.05) is 36.4 Å². The van der Waals surface area contributed by atoms with Gasteiger partial charge in [0.05, 0.1) is 6.26 Å². The lowest BCUT2D eigenvalue weighted by molar-refractivity contribution is -0.116. The van der Waals surface area contributed by atoms with Gasteiger partial charge in [0, 0.05) is 25.2 Å². The third kappa shape index (κ3) is 6.28. The van der Waals surface area contributed by atoms with Crippen LogP contribution in [-0.2, 0) is 21.2 Å². The summed E-state index contributed by atoms with van der Waals surface area (Å²) in [5.74, 6) is -0.636. The van der Waals surface area contributed by atoms with Gasteiger partial charge in [0.1, 0.15) is 5.82 Å². The molecule has 0 saturated carbocycles. The average Bonchev–Trinajstić information content (AvgIpc) is 2.56. The molecular formula is C18H21FN2O3S. The summed E-state index contributed by atoms with van der Waals surface area (Å²) in [6.45, 7) is 0.171. The van der Waals surface area contributed by atoms with Gasteiger partial charge < -0.3 is 5.32 Å². The molecule has 1 amide bonds. The molecule has 2 rings (SSSR count). The van der Waals surface area contributed by atoms with Crippen molar-refractivity contribution in [3.63, 3.8) is 0 Å². The van der Waals surface area contributed by atoms with Crippen LogP contribution < -0.4 is 5.32 Å². The highest BCUT2D eigenvalue weighted by atomic mass is 32.2. The van der Waals surface area contributed by atoms with E-state index < -0.39 is 10.0 Å². The van der Waals surface area contributed by atoms with Crippen molar-refractivity contribution in [2.24, 2.45) is 0 Å². The van der Waals surface area contributed by atoms with Crippen molar-refractivity contribution < 1.29 is 17.6 Å². The van der Waals surface area contributed by atoms with Crippen LogP contribution in [0.2, 0.25) is 0 Å². The van der Waals surface area contributed by atoms with Crippen LogP contribution in [0.15, 0.2) is 54.6 Å². The first-order chi connectivity index (χ1) is 11.9. The van der Waals surface area contributed by atoms with Crippen molar-refractivity contribution in [1.29, 1.82) is 0 Å². The van der Waals surface area contributed by atoms with Crippen LogP contribution in [0.5, 0.6) is 0 Å². The lowest BCUT2D eigenvalue weighted by atomic mass is 10.1. The zero-order valence-electron chi connectivity index (χ0n) is 14.0. The Balaban J connectivity index is 1.92. The molecule has 0 atom stereocenters. The number of halogens is 1. The maximum absolute atomic E-state index is 13.7. The summed E-state index contributed by atoms with van der Waals surface area (Å²) < 4.78 is 38.7. The molecule has 5 nitrogen and oxygen atoms in total. The minimum atomic E-state index is -3.49. The molecule has 1 N–H and O–H groups in total. The molecule has 0 radical (unpaired) electrons. The minimum Gasteiger partial charge on any atom is -0.326 e. The van der Waals surface area contributed by atoms with E-state index in [1.165, 1.54) is 10.4 Å². The van der Waals surface area contributed by atoms with E-state index >= 15 is 0 Å². The molecule has 0 bridgehead atoms. The fraction of sp³-hybridized carbons (Fsp3) is 0.278. The Morgan fingerprint density at radius 3 is 2.32 bits per heavy atom. The number of nitrogens with one attached hydrogen (secondary N) is 1. The first-order valence-corrected chi connectivity index (χ1v) is 9.74. The molecule has 0 aromatic heterocycles. The highest BCUT2D eigenvalue weighted by Crippen LogP contribution is 2.10. The lowest BCUT2D eigenvalue weighted by Crippen LogP contribution is -2.34. The Bertz CT molecular complexity index is 810. The van der Waals surface area contributed by atoms with E-state index in [4.69, 9.17) is 0 Å². The zero-order chi connectivity index (χ0) is 18.3. The highest BCUT2D eigenvalue weighted by Gasteiger charge is 2.18. The highest BCUT2D eigenvalue weighted by molar-refractivity contribution is 7.88. The van der Waals surface area contributed by atoms with E-state index in [0.29, 0.717) is 11.3 Å². The van der Waals surface area contributed by atoms with Crippen LogP contribution in [0.25, 0.3) is 0 Å². The van der Waals surface area contributed by atoms with Crippen molar-refractivity contribution in [3.8, 4) is 0 Å². The first-order valence-electron chi connectivity index (χ1n) is 7.89. The molecule has 25 heavy (non-hydrogen) atoms. The van der Waals surface area contributed by atoms with Gasteiger partial charge in [-0.15, -0.1) is 0 Å². The van der Waals surface area contributed by atoms with E-state index in [9.17, 15) is 17.6 Å². The standard InChI is InChI=1S/C18H21FN2O3S/c1-25(23,24)21(13-11-15-7-5-6-10-17(15)19)14-12-18(22)20-16-8-3-2-4-9-16/h2-10H,11-14H2,1H3,(H,20,22). The molecule has 134 valence electrons. The van der Waals surface area contributed by atoms with E-state index in [0.717, 1.165) is 6.26 Å². The van der Waals surface area contributed by atoms with E-state index in [1.54, 1.807) is 42.5 Å². The Morgan fingerprint density at radius 1 is 1.04 bits per heavy atom. The molecule has 0 aliphatic heterocycles. The maximum Gasteiger partial charge on any atom is 0.225 e. The number of benzene rings is 2. The Morgan fingerprint density at radius 2 is 1.68 bits per heavy atom. The Kier molecular flexibility index (Phi) is 6.66. The second-order valence-corrected chi connectivity index (χ2v) is 7.65. The number of carbonyl (C=O) groups excluding carboxylic acids is 1. The molecule has 0 aliphatic rings. The van der Waals surface area contributed by atoms with Crippen molar-refractivity contribution in [3.05, 3.63) is 66.0 Å². The first kappa shape index (κ1) is 19.1. The van der Waals surface area contributed by atoms with Gasteiger partial charge >= 0.3 is 0 Å². The van der Waals surface area contributed by atoms with Gasteiger partial charge in [0.2, 0.25) is 15.9 Å².